The van der Waals surface area contributed by atoms with Crippen LogP contribution in [0.5, 0.6) is 6.01 Å². The van der Waals surface area contributed by atoms with Crippen molar-refractivity contribution < 1.29 is 22.6 Å². The minimum Gasteiger partial charge on any atom is -0.467 e. The Morgan fingerprint density at radius 1 is 1.21 bits per heavy atom. The second-order valence-corrected chi connectivity index (χ2v) is 3.21. The molecule has 0 aliphatic heterocycles. The summed E-state index contributed by atoms with van der Waals surface area (Å²) in [4.78, 5) is 11.4. The maximum absolute atomic E-state index is 11.8. The lowest BCUT2D eigenvalue weighted by Crippen LogP contribution is -2.21. The normalized spacial score (nSPS) is 11.2. The molecule has 0 atom stereocenters. The number of alkyl halides is 3. The number of anilines is 2. The molecule has 0 saturated heterocycles. The van der Waals surface area contributed by atoms with Gasteiger partial charge < -0.3 is 14.8 Å². The molecule has 1 rings (SSSR count). The van der Waals surface area contributed by atoms with Gasteiger partial charge in [0, 0.05) is 6.54 Å². The first-order chi connectivity index (χ1) is 8.94. The van der Waals surface area contributed by atoms with Gasteiger partial charge in [0.05, 0.1) is 13.7 Å². The van der Waals surface area contributed by atoms with Crippen molar-refractivity contribution in [1.29, 1.82) is 0 Å². The molecule has 19 heavy (non-hydrogen) atoms. The van der Waals surface area contributed by atoms with Crippen LogP contribution in [0, 0.1) is 0 Å². The van der Waals surface area contributed by atoms with E-state index in [0.29, 0.717) is 0 Å². The van der Waals surface area contributed by atoms with E-state index in [1.807, 2.05) is 0 Å². The molecular formula is C8H13F3N6O2. The van der Waals surface area contributed by atoms with Gasteiger partial charge in [-0.05, 0) is 0 Å². The van der Waals surface area contributed by atoms with Crippen molar-refractivity contribution in [2.75, 3.05) is 37.6 Å². The van der Waals surface area contributed by atoms with Crippen LogP contribution >= 0.6 is 0 Å². The van der Waals surface area contributed by atoms with Crippen LogP contribution in [0.4, 0.5) is 25.1 Å². The topological polar surface area (TPSA) is 107 Å². The quantitative estimate of drug-likeness (QED) is 0.369. The zero-order valence-electron chi connectivity index (χ0n) is 9.99. The second kappa shape index (κ2) is 6.89. The number of aromatic nitrogens is 3. The number of nitrogen functional groups attached to an aromatic ring is 1. The summed E-state index contributed by atoms with van der Waals surface area (Å²) in [7, 11) is 1.35. The molecule has 0 amide bonds. The van der Waals surface area contributed by atoms with Crippen LogP contribution in [0.3, 0.4) is 0 Å². The van der Waals surface area contributed by atoms with Crippen LogP contribution in [0.2, 0.25) is 0 Å². The molecule has 0 saturated carbocycles. The molecule has 0 spiro atoms. The minimum atomic E-state index is -4.34. The van der Waals surface area contributed by atoms with Gasteiger partial charge in [0.2, 0.25) is 11.9 Å². The predicted molar refractivity (Wildman–Crippen MR) is 59.6 cm³/mol. The number of nitrogens with one attached hydrogen (secondary N) is 2. The SMILES string of the molecule is COc1nc(NN)nc(NCCOCC(F)(F)F)n1. The third-order valence-electron chi connectivity index (χ3n) is 1.72. The molecule has 108 valence electrons. The molecule has 0 radical (unpaired) electrons. The fourth-order valence-electron chi connectivity index (χ4n) is 1.01. The van der Waals surface area contributed by atoms with Crippen molar-refractivity contribution in [3.8, 4) is 6.01 Å². The van der Waals surface area contributed by atoms with E-state index in [4.69, 9.17) is 10.6 Å². The fraction of sp³-hybridized carbons (Fsp3) is 0.625. The maximum atomic E-state index is 11.8. The molecule has 11 heteroatoms. The summed E-state index contributed by atoms with van der Waals surface area (Å²) in [5.74, 6) is 5.30. The Morgan fingerprint density at radius 2 is 1.89 bits per heavy atom. The van der Waals surface area contributed by atoms with E-state index >= 15 is 0 Å². The fourth-order valence-corrected chi connectivity index (χ4v) is 1.01. The highest BCUT2D eigenvalue weighted by molar-refractivity contribution is 5.34. The first kappa shape index (κ1) is 15.2. The number of hydrogen-bond acceptors (Lipinski definition) is 8. The van der Waals surface area contributed by atoms with Crippen molar-refractivity contribution in [1.82, 2.24) is 15.0 Å². The highest BCUT2D eigenvalue weighted by Gasteiger charge is 2.27. The summed E-state index contributed by atoms with van der Waals surface area (Å²) < 4.78 is 44.6. The Hall–Kier alpha value is -1.88. The molecule has 0 unspecified atom stereocenters. The van der Waals surface area contributed by atoms with Gasteiger partial charge in [-0.15, -0.1) is 0 Å². The van der Waals surface area contributed by atoms with Crippen LogP contribution < -0.4 is 21.3 Å². The lowest BCUT2D eigenvalue weighted by atomic mass is 10.6. The zero-order valence-corrected chi connectivity index (χ0v) is 9.99. The van der Waals surface area contributed by atoms with Gasteiger partial charge in [-0.2, -0.15) is 28.1 Å². The average molecular weight is 282 g/mol. The summed E-state index contributed by atoms with van der Waals surface area (Å²) in [6.45, 7) is -1.36. The number of nitrogens with two attached hydrogens (primary N) is 1. The van der Waals surface area contributed by atoms with Crippen molar-refractivity contribution >= 4 is 11.9 Å². The van der Waals surface area contributed by atoms with Gasteiger partial charge in [-0.3, -0.25) is 5.43 Å². The Bertz CT molecular complexity index is 380. The minimum absolute atomic E-state index is 0.0154. The Labute approximate surface area is 106 Å². The van der Waals surface area contributed by atoms with Crippen LogP contribution in [0.25, 0.3) is 0 Å². The highest BCUT2D eigenvalue weighted by atomic mass is 19.4. The molecule has 8 nitrogen and oxygen atoms in total. The van der Waals surface area contributed by atoms with Gasteiger partial charge in [-0.1, -0.05) is 0 Å². The van der Waals surface area contributed by atoms with E-state index in [1.54, 1.807) is 0 Å². The van der Waals surface area contributed by atoms with E-state index in [9.17, 15) is 13.2 Å². The van der Waals surface area contributed by atoms with Gasteiger partial charge >= 0.3 is 12.2 Å². The van der Waals surface area contributed by atoms with Gasteiger partial charge in [0.25, 0.3) is 0 Å². The van der Waals surface area contributed by atoms with Gasteiger partial charge in [0.15, 0.2) is 0 Å². The number of hydrogen-bond donors (Lipinski definition) is 3. The van der Waals surface area contributed by atoms with Crippen LogP contribution in [-0.4, -0.2) is 48.0 Å². The standard InChI is InChI=1S/C8H13F3N6O2/c1-18-7-15-5(14-6(16-7)17-12)13-2-3-19-4-8(9,10)11/h2-4,12H2,1H3,(H2,13,14,15,16,17). The molecule has 0 fully saturated rings. The molecule has 1 heterocycles. The summed E-state index contributed by atoms with van der Waals surface area (Å²) in [6.07, 6.45) is -4.34. The summed E-state index contributed by atoms with van der Waals surface area (Å²) in [5, 5.41) is 2.65. The van der Waals surface area contributed by atoms with Crippen LogP contribution in [-0.2, 0) is 4.74 Å². The third kappa shape index (κ3) is 6.01. The summed E-state index contributed by atoms with van der Waals surface area (Å²) in [6, 6.07) is 0.0154. The molecular weight excluding hydrogens is 269 g/mol. The number of ether oxygens (including phenoxy) is 2. The van der Waals surface area contributed by atoms with E-state index in [2.05, 4.69) is 30.4 Å². The smallest absolute Gasteiger partial charge is 0.411 e. The molecule has 1 aromatic rings. The molecule has 0 aliphatic rings. The monoisotopic (exact) mass is 282 g/mol. The zero-order chi connectivity index (χ0) is 14.3. The number of nitrogens with zero attached hydrogens (tertiary/aromatic N) is 3. The van der Waals surface area contributed by atoms with E-state index in [1.165, 1.54) is 7.11 Å². The average Bonchev–Trinajstić information content (AvgIpc) is 2.36. The number of hydrazine groups is 1. The van der Waals surface area contributed by atoms with Crippen LogP contribution in [0.1, 0.15) is 0 Å². The predicted octanol–water partition coefficient (Wildman–Crippen LogP) is 0.157. The Kier molecular flexibility index (Phi) is 5.51. The molecule has 0 bridgehead atoms. The van der Waals surface area contributed by atoms with E-state index in [0.717, 1.165) is 0 Å². The first-order valence-electron chi connectivity index (χ1n) is 5.09. The third-order valence-corrected chi connectivity index (χ3v) is 1.72. The highest BCUT2D eigenvalue weighted by Crippen LogP contribution is 2.14. The molecule has 1 aromatic heterocycles. The number of halogens is 3. The van der Waals surface area contributed by atoms with E-state index < -0.39 is 12.8 Å². The Morgan fingerprint density at radius 3 is 2.47 bits per heavy atom. The molecule has 4 N–H and O–H groups in total. The summed E-state index contributed by atoms with van der Waals surface area (Å²) >= 11 is 0. The number of methoxy groups -OCH3 is 1. The largest absolute Gasteiger partial charge is 0.467 e. The Balaban J connectivity index is 2.40. The maximum Gasteiger partial charge on any atom is 0.411 e. The van der Waals surface area contributed by atoms with Crippen molar-refractivity contribution in [2.45, 2.75) is 6.18 Å². The van der Waals surface area contributed by atoms with Gasteiger partial charge in [-0.25, -0.2) is 5.84 Å². The van der Waals surface area contributed by atoms with Crippen LogP contribution in [0.15, 0.2) is 0 Å². The summed E-state index contributed by atoms with van der Waals surface area (Å²) in [5.41, 5.74) is 2.20. The lowest BCUT2D eigenvalue weighted by molar-refractivity contribution is -0.172. The van der Waals surface area contributed by atoms with Crippen molar-refractivity contribution in [3.05, 3.63) is 0 Å². The van der Waals surface area contributed by atoms with Crippen molar-refractivity contribution in [3.63, 3.8) is 0 Å². The lowest BCUT2D eigenvalue weighted by Gasteiger charge is -2.09. The second-order valence-electron chi connectivity index (χ2n) is 3.21. The first-order valence-corrected chi connectivity index (χ1v) is 5.09. The van der Waals surface area contributed by atoms with Gasteiger partial charge in [0.1, 0.15) is 6.61 Å². The van der Waals surface area contributed by atoms with Crippen molar-refractivity contribution in [2.24, 2.45) is 5.84 Å². The molecule has 0 aromatic carbocycles. The molecule has 0 aliphatic carbocycles. The van der Waals surface area contributed by atoms with E-state index in [-0.39, 0.29) is 31.1 Å². The number of rotatable bonds is 7.